The highest BCUT2D eigenvalue weighted by Crippen LogP contribution is 2.41. The Morgan fingerprint density at radius 3 is 1.74 bits per heavy atom. The van der Waals surface area contributed by atoms with E-state index >= 15 is 0 Å². The maximum atomic E-state index is 3.82. The molecule has 0 saturated heterocycles. The molecule has 0 aromatic heterocycles. The van der Waals surface area contributed by atoms with Crippen molar-refractivity contribution in [3.8, 4) is 11.5 Å². The maximum Gasteiger partial charge on any atom is 0.146 e. The van der Waals surface area contributed by atoms with Crippen LogP contribution < -0.4 is 0 Å². The molecule has 2 rings (SSSR count). The molecule has 0 radical (unpaired) electrons. The van der Waals surface area contributed by atoms with Crippen molar-refractivity contribution < 1.29 is 0 Å². The molecule has 0 N–H and O–H groups in total. The molecule has 2 aromatic rings. The molecule has 0 nitrogen and oxygen atoms in total. The lowest BCUT2D eigenvalue weighted by Crippen LogP contribution is -2.43. The summed E-state index contributed by atoms with van der Waals surface area (Å²) in [6, 6.07) is 21.1. The van der Waals surface area contributed by atoms with Crippen molar-refractivity contribution in [1.82, 2.24) is 0 Å². The van der Waals surface area contributed by atoms with Crippen molar-refractivity contribution in [2.45, 2.75) is 63.1 Å². The van der Waals surface area contributed by atoms with E-state index in [0.717, 1.165) is 0 Å². The molecule has 0 amide bonds. The first kappa shape index (κ1) is 21.6. The quantitative estimate of drug-likeness (QED) is 0.272. The van der Waals surface area contributed by atoms with Gasteiger partial charge in [0.15, 0.2) is 0 Å². The molecule has 0 aliphatic rings. The van der Waals surface area contributed by atoms with E-state index in [4.69, 9.17) is 0 Å². The second-order valence-corrected chi connectivity index (χ2v) is 14.7. The molecule has 0 aliphatic heterocycles. The van der Waals surface area contributed by atoms with Crippen LogP contribution in [-0.2, 0) is 0 Å². The summed E-state index contributed by atoms with van der Waals surface area (Å²) in [6.07, 6.45) is 2.14. The highest BCUT2D eigenvalue weighted by atomic mass is 32.2. The van der Waals surface area contributed by atoms with Gasteiger partial charge in [-0.1, -0.05) is 108 Å². The smallest absolute Gasteiger partial charge is 0.126 e. The van der Waals surface area contributed by atoms with Gasteiger partial charge in [0, 0.05) is 15.9 Å². The van der Waals surface area contributed by atoms with Gasteiger partial charge in [0.2, 0.25) is 0 Å². The number of hydrogen-bond acceptors (Lipinski definition) is 1. The van der Waals surface area contributed by atoms with Crippen molar-refractivity contribution >= 4 is 24.7 Å². The number of allylic oxidation sites excluding steroid dienone is 1. The largest absolute Gasteiger partial charge is 0.146 e. The molecule has 2 aromatic carbocycles. The van der Waals surface area contributed by atoms with Gasteiger partial charge in [0.05, 0.1) is 0 Å². The van der Waals surface area contributed by atoms with Crippen LogP contribution in [0.4, 0.5) is 0 Å². The van der Waals surface area contributed by atoms with Gasteiger partial charge in [-0.3, -0.25) is 0 Å². The minimum Gasteiger partial charge on any atom is -0.126 e. The van der Waals surface area contributed by atoms with E-state index in [1.807, 2.05) is 0 Å². The summed E-state index contributed by atoms with van der Waals surface area (Å²) >= 11 is 1.79. The predicted octanol–water partition coefficient (Wildman–Crippen LogP) is 8.04. The third kappa shape index (κ3) is 5.40. The Kier molecular flexibility index (Phi) is 8.02. The monoisotopic (exact) mass is 392 g/mol. The first-order chi connectivity index (χ1) is 12.9. The van der Waals surface area contributed by atoms with E-state index in [1.165, 1.54) is 15.4 Å². The molecular weight excluding hydrogens is 360 g/mol. The van der Waals surface area contributed by atoms with Gasteiger partial charge >= 0.3 is 0 Å². The van der Waals surface area contributed by atoms with Crippen LogP contribution in [-0.4, -0.2) is 8.07 Å². The summed E-state index contributed by atoms with van der Waals surface area (Å²) in [5, 5.41) is 0. The van der Waals surface area contributed by atoms with Crippen LogP contribution in [0.3, 0.4) is 0 Å². The molecule has 0 atom stereocenters. The van der Waals surface area contributed by atoms with Gasteiger partial charge in [0.25, 0.3) is 0 Å². The lowest BCUT2D eigenvalue weighted by Gasteiger charge is -2.38. The molecule has 0 unspecified atom stereocenters. The second-order valence-electron chi connectivity index (χ2n) is 7.96. The van der Waals surface area contributed by atoms with Gasteiger partial charge in [-0.2, -0.15) is 0 Å². The molecule has 142 valence electrons. The summed E-state index contributed by atoms with van der Waals surface area (Å²) in [5.74, 6) is 3.52. The zero-order valence-electron chi connectivity index (χ0n) is 17.5. The Hall–Kier alpha value is -1.69. The van der Waals surface area contributed by atoms with Crippen molar-refractivity contribution in [2.24, 2.45) is 0 Å². The molecule has 2 heteroatoms. The van der Waals surface area contributed by atoms with Crippen molar-refractivity contribution in [2.75, 3.05) is 0 Å². The molecule has 0 aliphatic carbocycles. The molecular formula is C25H32SSi. The normalized spacial score (nSPS) is 12.4. The van der Waals surface area contributed by atoms with Crippen LogP contribution in [0.5, 0.6) is 0 Å². The van der Waals surface area contributed by atoms with Crippen LogP contribution in [0.25, 0.3) is 4.91 Å². The maximum absolute atomic E-state index is 3.82. The fraction of sp³-hybridized carbons (Fsp3) is 0.360. The van der Waals surface area contributed by atoms with Gasteiger partial charge in [-0.05, 0) is 34.3 Å². The van der Waals surface area contributed by atoms with E-state index in [-0.39, 0.29) is 0 Å². The Bertz CT molecular complexity index is 771. The minimum atomic E-state index is -1.70. The summed E-state index contributed by atoms with van der Waals surface area (Å²) in [6.45, 7) is 14.2. The topological polar surface area (TPSA) is 0 Å². The van der Waals surface area contributed by atoms with E-state index in [9.17, 15) is 0 Å². The standard InChI is InChI=1S/C25H32SSi/c1-20(2)27(21(3)4,22(5)6)19-13-18-25(23-14-9-7-10-15-23)26-24-16-11-8-12-17-24/h7-12,14-18,20-22H,1-6H3/b25-18-. The minimum absolute atomic E-state index is 0.653. The van der Waals surface area contributed by atoms with Gasteiger partial charge in [-0.15, -0.1) is 5.54 Å². The van der Waals surface area contributed by atoms with Gasteiger partial charge in [-0.25, -0.2) is 0 Å². The third-order valence-electron chi connectivity index (χ3n) is 5.39. The first-order valence-corrected chi connectivity index (χ1v) is 12.9. The van der Waals surface area contributed by atoms with Gasteiger partial charge in [0.1, 0.15) is 8.07 Å². The zero-order valence-corrected chi connectivity index (χ0v) is 19.3. The van der Waals surface area contributed by atoms with Crippen LogP contribution in [0.15, 0.2) is 71.6 Å². The Morgan fingerprint density at radius 2 is 1.26 bits per heavy atom. The van der Waals surface area contributed by atoms with Crippen molar-refractivity contribution in [1.29, 1.82) is 0 Å². The molecule has 0 heterocycles. The van der Waals surface area contributed by atoms with E-state index in [1.54, 1.807) is 11.8 Å². The molecule has 27 heavy (non-hydrogen) atoms. The Balaban J connectivity index is 2.45. The number of benzene rings is 2. The third-order valence-corrected chi connectivity index (χ3v) is 12.8. The number of hydrogen-bond donors (Lipinski definition) is 0. The van der Waals surface area contributed by atoms with Gasteiger partial charge < -0.3 is 0 Å². The predicted molar refractivity (Wildman–Crippen MR) is 126 cm³/mol. The van der Waals surface area contributed by atoms with E-state index in [2.05, 4.69) is 120 Å². The Morgan fingerprint density at radius 1 is 0.778 bits per heavy atom. The van der Waals surface area contributed by atoms with E-state index in [0.29, 0.717) is 16.6 Å². The molecule has 0 bridgehead atoms. The summed E-state index contributed by atoms with van der Waals surface area (Å²) in [4.78, 5) is 2.46. The van der Waals surface area contributed by atoms with Crippen LogP contribution >= 0.6 is 11.8 Å². The lowest BCUT2D eigenvalue weighted by atomic mass is 10.2. The van der Waals surface area contributed by atoms with Crippen LogP contribution in [0.2, 0.25) is 16.6 Å². The van der Waals surface area contributed by atoms with Crippen molar-refractivity contribution in [3.63, 3.8) is 0 Å². The molecule has 0 spiro atoms. The lowest BCUT2D eigenvalue weighted by molar-refractivity contribution is 0.838. The summed E-state index contributed by atoms with van der Waals surface area (Å²) in [5.41, 5.74) is 7.00. The van der Waals surface area contributed by atoms with Crippen LogP contribution in [0, 0.1) is 11.5 Å². The summed E-state index contributed by atoms with van der Waals surface area (Å²) < 4.78 is 0. The SMILES string of the molecule is CC(C)[Si](C#C/C=C(\Sc1ccccc1)c1ccccc1)(C(C)C)C(C)C. The molecule has 0 fully saturated rings. The zero-order chi connectivity index (χ0) is 19.9. The average Bonchev–Trinajstić information content (AvgIpc) is 2.65. The number of thioether (sulfide) groups is 1. The van der Waals surface area contributed by atoms with Crippen LogP contribution in [0.1, 0.15) is 47.1 Å². The van der Waals surface area contributed by atoms with Crippen molar-refractivity contribution in [3.05, 3.63) is 72.3 Å². The number of rotatable bonds is 6. The fourth-order valence-corrected chi connectivity index (χ4v) is 10.2. The second kappa shape index (κ2) is 10.0. The Labute approximate surface area is 171 Å². The highest BCUT2D eigenvalue weighted by Gasteiger charge is 2.41. The van der Waals surface area contributed by atoms with E-state index < -0.39 is 8.07 Å². The summed E-state index contributed by atoms with van der Waals surface area (Å²) in [7, 11) is -1.70. The first-order valence-electron chi connectivity index (χ1n) is 9.89. The highest BCUT2D eigenvalue weighted by molar-refractivity contribution is 8.08. The fourth-order valence-electron chi connectivity index (χ4n) is 4.05. The molecule has 0 saturated carbocycles. The average molecular weight is 393 g/mol.